The lowest BCUT2D eigenvalue weighted by molar-refractivity contribution is 0.839. The van der Waals surface area contributed by atoms with Crippen LogP contribution in [0.5, 0.6) is 0 Å². The number of hydrogen-bond donors (Lipinski definition) is 1. The van der Waals surface area contributed by atoms with E-state index >= 15 is 0 Å². The van der Waals surface area contributed by atoms with Gasteiger partial charge < -0.3 is 4.90 Å². The molecule has 0 aromatic heterocycles. The van der Waals surface area contributed by atoms with Crippen LogP contribution in [0.25, 0.3) is 0 Å². The third-order valence-corrected chi connectivity index (χ3v) is 2.91. The highest BCUT2D eigenvalue weighted by Crippen LogP contribution is 2.16. The van der Waals surface area contributed by atoms with Gasteiger partial charge in [-0.25, -0.2) is 0 Å². The number of anilines is 1. The second-order valence-electron chi connectivity index (χ2n) is 3.97. The maximum Gasteiger partial charge on any atom is 0.0429 e. The number of hydrogen-bond acceptors (Lipinski definition) is 2. The first-order valence-corrected chi connectivity index (χ1v) is 6.48. The van der Waals surface area contributed by atoms with Gasteiger partial charge in [0, 0.05) is 24.5 Å². The van der Waals surface area contributed by atoms with Gasteiger partial charge in [0.25, 0.3) is 0 Å². The lowest BCUT2D eigenvalue weighted by atomic mass is 10.2. The summed E-state index contributed by atoms with van der Waals surface area (Å²) in [5, 5.41) is 0. The van der Waals surface area contributed by atoms with Gasteiger partial charge in [0.05, 0.1) is 0 Å². The van der Waals surface area contributed by atoms with Crippen LogP contribution in [0.1, 0.15) is 5.56 Å². The maximum absolute atomic E-state index is 4.33. The van der Waals surface area contributed by atoms with E-state index in [0.717, 1.165) is 18.8 Å². The molecule has 0 spiro atoms. The molecule has 88 valence electrons. The Kier molecular flexibility index (Phi) is 4.51. The predicted molar refractivity (Wildman–Crippen MR) is 77.8 cm³/mol. The van der Waals surface area contributed by atoms with Crippen LogP contribution in [0.4, 0.5) is 5.69 Å². The summed E-state index contributed by atoms with van der Waals surface area (Å²) in [5.74, 6) is 0.863. The van der Waals surface area contributed by atoms with Crippen molar-refractivity contribution in [2.75, 3.05) is 17.2 Å². The summed E-state index contributed by atoms with van der Waals surface area (Å²) in [6.07, 6.45) is 0. The summed E-state index contributed by atoms with van der Waals surface area (Å²) in [5.41, 5.74) is 2.59. The zero-order chi connectivity index (χ0) is 11.9. The fraction of sp³-hybridized carbons (Fsp3) is 0.200. The number of para-hydroxylation sites is 1. The number of rotatable bonds is 5. The minimum Gasteiger partial charge on any atom is -0.366 e. The summed E-state index contributed by atoms with van der Waals surface area (Å²) in [7, 11) is 0. The van der Waals surface area contributed by atoms with Crippen LogP contribution < -0.4 is 4.90 Å². The highest BCUT2D eigenvalue weighted by molar-refractivity contribution is 7.80. The average molecular weight is 243 g/mol. The molecule has 2 aromatic carbocycles. The highest BCUT2D eigenvalue weighted by atomic mass is 32.1. The van der Waals surface area contributed by atoms with Crippen LogP contribution in [-0.4, -0.2) is 12.3 Å². The van der Waals surface area contributed by atoms with Crippen molar-refractivity contribution in [3.8, 4) is 0 Å². The lowest BCUT2D eigenvalue weighted by Gasteiger charge is -2.24. The van der Waals surface area contributed by atoms with Gasteiger partial charge in [0.1, 0.15) is 0 Å². The molecule has 1 nitrogen and oxygen atoms in total. The molecule has 0 amide bonds. The first-order valence-electron chi connectivity index (χ1n) is 5.85. The summed E-state index contributed by atoms with van der Waals surface area (Å²) in [4.78, 5) is 2.35. The number of benzene rings is 2. The molecule has 2 aromatic rings. The van der Waals surface area contributed by atoms with Gasteiger partial charge in [0.15, 0.2) is 0 Å². The van der Waals surface area contributed by atoms with Gasteiger partial charge in [-0.2, -0.15) is 12.6 Å². The molecule has 0 aliphatic carbocycles. The van der Waals surface area contributed by atoms with Gasteiger partial charge in [-0.1, -0.05) is 48.5 Å². The quantitative estimate of drug-likeness (QED) is 0.785. The van der Waals surface area contributed by atoms with E-state index in [1.165, 1.54) is 11.3 Å². The Morgan fingerprint density at radius 2 is 1.41 bits per heavy atom. The van der Waals surface area contributed by atoms with Gasteiger partial charge in [-0.05, 0) is 17.7 Å². The zero-order valence-electron chi connectivity index (χ0n) is 9.79. The van der Waals surface area contributed by atoms with Crippen molar-refractivity contribution >= 4 is 18.3 Å². The normalized spacial score (nSPS) is 10.2. The van der Waals surface area contributed by atoms with E-state index in [2.05, 4.69) is 72.1 Å². The third-order valence-electron chi connectivity index (χ3n) is 2.71. The second kappa shape index (κ2) is 6.36. The van der Waals surface area contributed by atoms with Crippen molar-refractivity contribution in [2.45, 2.75) is 6.54 Å². The molecular formula is C15H17NS. The molecule has 0 N–H and O–H groups in total. The molecule has 0 saturated heterocycles. The molecule has 0 atom stereocenters. The Morgan fingerprint density at radius 1 is 0.824 bits per heavy atom. The third kappa shape index (κ3) is 3.53. The summed E-state index contributed by atoms with van der Waals surface area (Å²) >= 11 is 4.33. The predicted octanol–water partition coefficient (Wildman–Crippen LogP) is 3.62. The Bertz CT molecular complexity index is 427. The number of thiol groups is 1. The largest absolute Gasteiger partial charge is 0.366 e. The van der Waals surface area contributed by atoms with Crippen molar-refractivity contribution in [1.29, 1.82) is 0 Å². The summed E-state index contributed by atoms with van der Waals surface area (Å²) in [6, 6.07) is 21.0. The van der Waals surface area contributed by atoms with Gasteiger partial charge in [-0.15, -0.1) is 0 Å². The van der Waals surface area contributed by atoms with Crippen LogP contribution in [-0.2, 0) is 6.54 Å². The molecule has 2 heteroatoms. The average Bonchev–Trinajstić information content (AvgIpc) is 2.40. The van der Waals surface area contributed by atoms with E-state index in [9.17, 15) is 0 Å². The van der Waals surface area contributed by atoms with E-state index in [0.29, 0.717) is 0 Å². The molecule has 0 heterocycles. The van der Waals surface area contributed by atoms with Gasteiger partial charge >= 0.3 is 0 Å². The Hall–Kier alpha value is -1.41. The van der Waals surface area contributed by atoms with E-state index in [-0.39, 0.29) is 0 Å². The molecule has 0 radical (unpaired) electrons. The van der Waals surface area contributed by atoms with E-state index in [1.807, 2.05) is 6.07 Å². The van der Waals surface area contributed by atoms with Crippen LogP contribution >= 0.6 is 12.6 Å². The molecule has 0 saturated carbocycles. The molecule has 0 aliphatic heterocycles. The lowest BCUT2D eigenvalue weighted by Crippen LogP contribution is -2.24. The van der Waals surface area contributed by atoms with Gasteiger partial charge in [0.2, 0.25) is 0 Å². The molecule has 2 rings (SSSR count). The maximum atomic E-state index is 4.33. The summed E-state index contributed by atoms with van der Waals surface area (Å²) < 4.78 is 0. The van der Waals surface area contributed by atoms with Gasteiger partial charge in [-0.3, -0.25) is 0 Å². The van der Waals surface area contributed by atoms with Crippen LogP contribution in [0, 0.1) is 0 Å². The van der Waals surface area contributed by atoms with Crippen LogP contribution in [0.15, 0.2) is 60.7 Å². The second-order valence-corrected chi connectivity index (χ2v) is 4.41. The monoisotopic (exact) mass is 243 g/mol. The molecule has 0 unspecified atom stereocenters. The number of nitrogens with zero attached hydrogens (tertiary/aromatic N) is 1. The minimum absolute atomic E-state index is 0.863. The smallest absolute Gasteiger partial charge is 0.0429 e. The fourth-order valence-electron chi connectivity index (χ4n) is 1.86. The zero-order valence-corrected chi connectivity index (χ0v) is 10.7. The van der Waals surface area contributed by atoms with E-state index in [4.69, 9.17) is 0 Å². The Labute approximate surface area is 108 Å². The van der Waals surface area contributed by atoms with E-state index < -0.39 is 0 Å². The van der Waals surface area contributed by atoms with Crippen molar-refractivity contribution in [1.82, 2.24) is 0 Å². The SMILES string of the molecule is SCCN(Cc1ccccc1)c1ccccc1. The topological polar surface area (TPSA) is 3.24 Å². The van der Waals surface area contributed by atoms with Crippen molar-refractivity contribution in [3.05, 3.63) is 66.2 Å². The molecular weight excluding hydrogens is 226 g/mol. The molecule has 0 aliphatic rings. The van der Waals surface area contributed by atoms with Crippen LogP contribution in [0.3, 0.4) is 0 Å². The highest BCUT2D eigenvalue weighted by Gasteiger charge is 2.05. The fourth-order valence-corrected chi connectivity index (χ4v) is 2.10. The van der Waals surface area contributed by atoms with Crippen molar-refractivity contribution in [2.24, 2.45) is 0 Å². The first kappa shape index (κ1) is 12.1. The van der Waals surface area contributed by atoms with Crippen LogP contribution in [0.2, 0.25) is 0 Å². The van der Waals surface area contributed by atoms with Crippen molar-refractivity contribution < 1.29 is 0 Å². The van der Waals surface area contributed by atoms with E-state index in [1.54, 1.807) is 0 Å². The summed E-state index contributed by atoms with van der Waals surface area (Å²) in [6.45, 7) is 1.90. The van der Waals surface area contributed by atoms with Crippen molar-refractivity contribution in [3.63, 3.8) is 0 Å². The Morgan fingerprint density at radius 3 is 2.00 bits per heavy atom. The Balaban J connectivity index is 2.13. The molecule has 0 bridgehead atoms. The standard InChI is InChI=1S/C15H17NS/c17-12-11-16(15-9-5-2-6-10-15)13-14-7-3-1-4-8-14/h1-10,17H,11-13H2. The first-order chi connectivity index (χ1) is 8.40. The molecule has 17 heavy (non-hydrogen) atoms. The molecule has 0 fully saturated rings. The minimum atomic E-state index is 0.863.